The number of hydrogen-bond acceptors (Lipinski definition) is 3. The highest BCUT2D eigenvalue weighted by molar-refractivity contribution is 5.94. The van der Waals surface area contributed by atoms with E-state index in [0.717, 1.165) is 25.1 Å². The molecule has 5 heteroatoms. The van der Waals surface area contributed by atoms with Crippen LogP contribution >= 0.6 is 0 Å². The lowest BCUT2D eigenvalue weighted by Crippen LogP contribution is -2.27. The van der Waals surface area contributed by atoms with Crippen molar-refractivity contribution in [2.75, 3.05) is 13.6 Å². The van der Waals surface area contributed by atoms with Crippen LogP contribution in [0.1, 0.15) is 30.1 Å². The topological polar surface area (TPSA) is 51.0 Å². The average molecular weight is 258 g/mol. The molecule has 0 saturated carbocycles. The molecule has 0 unspecified atom stereocenters. The summed E-state index contributed by atoms with van der Waals surface area (Å²) < 4.78 is 1.66. The fraction of sp³-hybridized carbons (Fsp3) is 0.357. The Kier molecular flexibility index (Phi) is 4.28. The van der Waals surface area contributed by atoms with Gasteiger partial charge in [-0.3, -0.25) is 4.79 Å². The van der Waals surface area contributed by atoms with Crippen LogP contribution in [0.3, 0.4) is 0 Å². The maximum Gasteiger partial charge on any atom is 0.253 e. The van der Waals surface area contributed by atoms with Gasteiger partial charge in [0.1, 0.15) is 12.7 Å². The SMILES string of the molecule is CCCCN(C)C(=O)c1ccc(-n2cncn2)cc1. The Morgan fingerprint density at radius 2 is 2.05 bits per heavy atom. The highest BCUT2D eigenvalue weighted by Crippen LogP contribution is 2.10. The van der Waals surface area contributed by atoms with Gasteiger partial charge in [-0.25, -0.2) is 9.67 Å². The van der Waals surface area contributed by atoms with Gasteiger partial charge in [0, 0.05) is 19.2 Å². The monoisotopic (exact) mass is 258 g/mol. The molecule has 0 atom stereocenters. The molecular weight excluding hydrogens is 240 g/mol. The van der Waals surface area contributed by atoms with Crippen molar-refractivity contribution >= 4 is 5.91 Å². The van der Waals surface area contributed by atoms with E-state index in [1.54, 1.807) is 15.9 Å². The number of rotatable bonds is 5. The number of unbranched alkanes of at least 4 members (excludes halogenated alkanes) is 1. The third-order valence-electron chi connectivity index (χ3n) is 2.99. The van der Waals surface area contributed by atoms with Gasteiger partial charge in [0.15, 0.2) is 0 Å². The lowest BCUT2D eigenvalue weighted by molar-refractivity contribution is 0.0793. The normalized spacial score (nSPS) is 10.4. The van der Waals surface area contributed by atoms with Crippen molar-refractivity contribution in [1.82, 2.24) is 19.7 Å². The van der Waals surface area contributed by atoms with Gasteiger partial charge >= 0.3 is 0 Å². The van der Waals surface area contributed by atoms with Crippen molar-refractivity contribution in [1.29, 1.82) is 0 Å². The zero-order valence-corrected chi connectivity index (χ0v) is 11.3. The molecule has 1 heterocycles. The first-order valence-corrected chi connectivity index (χ1v) is 6.43. The minimum atomic E-state index is 0.0543. The van der Waals surface area contributed by atoms with Crippen molar-refractivity contribution in [3.8, 4) is 5.69 Å². The quantitative estimate of drug-likeness (QED) is 0.825. The van der Waals surface area contributed by atoms with E-state index in [9.17, 15) is 4.79 Å². The first-order chi connectivity index (χ1) is 9.22. The van der Waals surface area contributed by atoms with Gasteiger partial charge in [-0.1, -0.05) is 13.3 Å². The van der Waals surface area contributed by atoms with Crippen LogP contribution in [0.25, 0.3) is 5.69 Å². The van der Waals surface area contributed by atoms with E-state index >= 15 is 0 Å². The van der Waals surface area contributed by atoms with E-state index in [1.165, 1.54) is 6.33 Å². The van der Waals surface area contributed by atoms with E-state index in [1.807, 2.05) is 31.3 Å². The standard InChI is InChI=1S/C14H18N4O/c1-3-4-9-17(2)14(19)12-5-7-13(8-6-12)18-11-15-10-16-18/h5-8,10-11H,3-4,9H2,1-2H3. The summed E-state index contributed by atoms with van der Waals surface area (Å²) in [6.07, 6.45) is 5.23. The molecule has 5 nitrogen and oxygen atoms in total. The van der Waals surface area contributed by atoms with Crippen LogP contribution in [0.2, 0.25) is 0 Å². The number of aromatic nitrogens is 3. The maximum atomic E-state index is 12.1. The Balaban J connectivity index is 2.08. The molecule has 1 amide bonds. The highest BCUT2D eigenvalue weighted by atomic mass is 16.2. The maximum absolute atomic E-state index is 12.1. The molecule has 1 aromatic carbocycles. The third-order valence-corrected chi connectivity index (χ3v) is 2.99. The van der Waals surface area contributed by atoms with E-state index in [4.69, 9.17) is 0 Å². The van der Waals surface area contributed by atoms with Crippen LogP contribution in [0.4, 0.5) is 0 Å². The van der Waals surface area contributed by atoms with Crippen molar-refractivity contribution in [2.24, 2.45) is 0 Å². The predicted molar refractivity (Wildman–Crippen MR) is 73.2 cm³/mol. The third kappa shape index (κ3) is 3.19. The van der Waals surface area contributed by atoms with Gasteiger partial charge in [0.2, 0.25) is 0 Å². The van der Waals surface area contributed by atoms with Crippen LogP contribution in [-0.4, -0.2) is 39.2 Å². The van der Waals surface area contributed by atoms with Crippen molar-refractivity contribution < 1.29 is 4.79 Å². The lowest BCUT2D eigenvalue weighted by Gasteiger charge is -2.16. The largest absolute Gasteiger partial charge is 0.342 e. The van der Waals surface area contributed by atoms with E-state index < -0.39 is 0 Å². The second-order valence-corrected chi connectivity index (χ2v) is 4.47. The van der Waals surface area contributed by atoms with Gasteiger partial charge in [0.05, 0.1) is 5.69 Å². The second kappa shape index (κ2) is 6.13. The zero-order valence-electron chi connectivity index (χ0n) is 11.3. The van der Waals surface area contributed by atoms with Gasteiger partial charge < -0.3 is 4.90 Å². The molecule has 0 aliphatic carbocycles. The first kappa shape index (κ1) is 13.3. The molecule has 0 bridgehead atoms. The second-order valence-electron chi connectivity index (χ2n) is 4.47. The number of benzene rings is 1. The van der Waals surface area contributed by atoms with Gasteiger partial charge in [0.25, 0.3) is 5.91 Å². The molecule has 19 heavy (non-hydrogen) atoms. The van der Waals surface area contributed by atoms with Crippen molar-refractivity contribution in [3.63, 3.8) is 0 Å². The van der Waals surface area contributed by atoms with Crippen molar-refractivity contribution in [2.45, 2.75) is 19.8 Å². The van der Waals surface area contributed by atoms with E-state index in [2.05, 4.69) is 17.0 Å². The molecule has 0 N–H and O–H groups in total. The molecule has 0 aliphatic rings. The molecule has 2 aromatic rings. The number of carbonyl (C=O) groups excluding carboxylic acids is 1. The number of hydrogen-bond donors (Lipinski definition) is 0. The van der Waals surface area contributed by atoms with E-state index in [-0.39, 0.29) is 5.91 Å². The minimum absolute atomic E-state index is 0.0543. The first-order valence-electron chi connectivity index (χ1n) is 6.43. The summed E-state index contributed by atoms with van der Waals surface area (Å²) in [6, 6.07) is 7.38. The Bertz CT molecular complexity index is 519. The minimum Gasteiger partial charge on any atom is -0.342 e. The number of carbonyl (C=O) groups is 1. The van der Waals surface area contributed by atoms with Crippen molar-refractivity contribution in [3.05, 3.63) is 42.5 Å². The molecule has 1 aromatic heterocycles. The summed E-state index contributed by atoms with van der Waals surface area (Å²) in [5.74, 6) is 0.0543. The highest BCUT2D eigenvalue weighted by Gasteiger charge is 2.10. The van der Waals surface area contributed by atoms with Crippen LogP contribution < -0.4 is 0 Å². The molecule has 0 spiro atoms. The molecular formula is C14H18N4O. The molecule has 0 radical (unpaired) electrons. The number of nitrogens with zero attached hydrogens (tertiary/aromatic N) is 4. The van der Waals surface area contributed by atoms with Crippen LogP contribution in [0.15, 0.2) is 36.9 Å². The smallest absolute Gasteiger partial charge is 0.253 e. The fourth-order valence-corrected chi connectivity index (χ4v) is 1.82. The summed E-state index contributed by atoms with van der Waals surface area (Å²) in [4.78, 5) is 17.8. The van der Waals surface area contributed by atoms with Gasteiger partial charge in [-0.2, -0.15) is 5.10 Å². The Morgan fingerprint density at radius 3 is 2.63 bits per heavy atom. The van der Waals surface area contributed by atoms with E-state index in [0.29, 0.717) is 5.56 Å². The number of amides is 1. The van der Waals surface area contributed by atoms with Gasteiger partial charge in [-0.15, -0.1) is 0 Å². The Morgan fingerprint density at radius 1 is 1.32 bits per heavy atom. The van der Waals surface area contributed by atoms with Crippen LogP contribution in [0.5, 0.6) is 0 Å². The summed E-state index contributed by atoms with van der Waals surface area (Å²) in [7, 11) is 1.84. The fourth-order valence-electron chi connectivity index (χ4n) is 1.82. The van der Waals surface area contributed by atoms with Gasteiger partial charge in [-0.05, 0) is 30.7 Å². The Hall–Kier alpha value is -2.17. The molecule has 2 rings (SSSR count). The molecule has 0 aliphatic heterocycles. The Labute approximate surface area is 112 Å². The average Bonchev–Trinajstić information content (AvgIpc) is 2.98. The molecule has 100 valence electrons. The summed E-state index contributed by atoms with van der Waals surface area (Å²) in [5.41, 5.74) is 1.59. The zero-order chi connectivity index (χ0) is 13.7. The van der Waals surface area contributed by atoms with Crippen LogP contribution in [-0.2, 0) is 0 Å². The summed E-state index contributed by atoms with van der Waals surface area (Å²) in [6.45, 7) is 2.91. The molecule has 0 fully saturated rings. The lowest BCUT2D eigenvalue weighted by atomic mass is 10.2. The summed E-state index contributed by atoms with van der Waals surface area (Å²) in [5, 5.41) is 4.05. The predicted octanol–water partition coefficient (Wildman–Crippen LogP) is 2.14. The molecule has 0 saturated heterocycles. The van der Waals surface area contributed by atoms with Crippen LogP contribution in [0, 0.1) is 0 Å². The summed E-state index contributed by atoms with van der Waals surface area (Å²) >= 11 is 0.